The van der Waals surface area contributed by atoms with Crippen LogP contribution >= 0.6 is 0 Å². The van der Waals surface area contributed by atoms with E-state index in [0.717, 1.165) is 6.20 Å². The Hall–Kier alpha value is -1.44. The van der Waals surface area contributed by atoms with Gasteiger partial charge in [-0.25, -0.2) is 13.4 Å². The lowest BCUT2D eigenvalue weighted by Crippen LogP contribution is -2.21. The fourth-order valence-electron chi connectivity index (χ4n) is 0.656. The zero-order valence-electron chi connectivity index (χ0n) is 6.81. The monoisotopic (exact) mass is 223 g/mol. The Morgan fingerprint density at radius 2 is 2.07 bits per heavy atom. The van der Waals surface area contributed by atoms with E-state index >= 15 is 0 Å². The van der Waals surface area contributed by atoms with E-state index in [4.69, 9.17) is 5.73 Å². The minimum absolute atomic E-state index is 0.195. The van der Waals surface area contributed by atoms with Gasteiger partial charge < -0.3 is 5.73 Å². The van der Waals surface area contributed by atoms with E-state index in [9.17, 15) is 17.2 Å². The molecule has 1 rings (SSSR count). The molecule has 78 valence electrons. The Morgan fingerprint density at radius 1 is 1.43 bits per heavy atom. The number of aromatic nitrogens is 1. The smallest absolute Gasteiger partial charge is 0.355 e. The van der Waals surface area contributed by atoms with E-state index < -0.39 is 15.8 Å². The van der Waals surface area contributed by atoms with Crippen LogP contribution in [0.5, 0.6) is 0 Å². The van der Waals surface area contributed by atoms with Crippen molar-refractivity contribution >= 4 is 21.5 Å². The van der Waals surface area contributed by atoms with Gasteiger partial charge in [0.25, 0.3) is 10.0 Å². The normalized spacial score (nSPS) is 11.6. The molecule has 5 nitrogen and oxygen atoms in total. The van der Waals surface area contributed by atoms with Crippen LogP contribution in [0, 0.1) is 0 Å². The molecular formula is C6H7F2N3O2S. The molecule has 0 aliphatic rings. The quantitative estimate of drug-likeness (QED) is 0.786. The van der Waals surface area contributed by atoms with Crippen LogP contribution in [0.4, 0.5) is 20.3 Å². The lowest BCUT2D eigenvalue weighted by atomic mass is 10.4. The van der Waals surface area contributed by atoms with E-state index in [0.29, 0.717) is 5.69 Å². The second-order valence-corrected chi connectivity index (χ2v) is 4.03. The average molecular weight is 223 g/mol. The number of halogens is 2. The first-order valence-corrected chi connectivity index (χ1v) is 4.98. The van der Waals surface area contributed by atoms with Crippen LogP contribution in [-0.2, 0) is 10.0 Å². The van der Waals surface area contributed by atoms with Gasteiger partial charge in [0.15, 0.2) is 0 Å². The molecule has 0 saturated carbocycles. The third kappa shape index (κ3) is 2.52. The van der Waals surface area contributed by atoms with Gasteiger partial charge in [0.2, 0.25) is 0 Å². The standard InChI is InChI=1S/C6H7F2N3O2S/c7-6(8)14(12,13)11-5-2-1-4(9)3-10-5/h1-3,6H,9H2,(H,10,11). The second kappa shape index (κ2) is 3.74. The van der Waals surface area contributed by atoms with Gasteiger partial charge in [-0.1, -0.05) is 0 Å². The molecule has 0 spiro atoms. The summed E-state index contributed by atoms with van der Waals surface area (Å²) in [7, 11) is -4.65. The van der Waals surface area contributed by atoms with Crippen molar-refractivity contribution in [2.75, 3.05) is 10.5 Å². The predicted octanol–water partition coefficient (Wildman–Crippen LogP) is 0.628. The highest BCUT2D eigenvalue weighted by Crippen LogP contribution is 2.11. The zero-order chi connectivity index (χ0) is 10.8. The Labute approximate surface area is 79.0 Å². The van der Waals surface area contributed by atoms with Gasteiger partial charge in [-0.2, -0.15) is 8.78 Å². The molecule has 1 aromatic rings. The maximum Gasteiger partial charge on any atom is 0.355 e. The first-order chi connectivity index (χ1) is 6.42. The average Bonchev–Trinajstić information content (AvgIpc) is 2.08. The zero-order valence-corrected chi connectivity index (χ0v) is 7.63. The topological polar surface area (TPSA) is 85.1 Å². The molecule has 14 heavy (non-hydrogen) atoms. The number of nitrogens with two attached hydrogens (primary N) is 1. The minimum Gasteiger partial charge on any atom is -0.397 e. The molecule has 0 aliphatic carbocycles. The van der Waals surface area contributed by atoms with Gasteiger partial charge >= 0.3 is 5.76 Å². The first-order valence-electron chi connectivity index (χ1n) is 3.43. The number of hydrogen-bond donors (Lipinski definition) is 2. The van der Waals surface area contributed by atoms with Crippen molar-refractivity contribution in [3.63, 3.8) is 0 Å². The summed E-state index contributed by atoms with van der Waals surface area (Å²) in [5, 5.41) is 0. The van der Waals surface area contributed by atoms with Crippen molar-refractivity contribution in [2.24, 2.45) is 0 Å². The highest BCUT2D eigenvalue weighted by Gasteiger charge is 2.23. The van der Waals surface area contributed by atoms with E-state index in [1.807, 2.05) is 0 Å². The molecule has 3 N–H and O–H groups in total. The molecule has 0 aliphatic heterocycles. The molecule has 0 atom stereocenters. The van der Waals surface area contributed by atoms with Crippen molar-refractivity contribution in [2.45, 2.75) is 5.76 Å². The van der Waals surface area contributed by atoms with Crippen LogP contribution in [0.1, 0.15) is 0 Å². The largest absolute Gasteiger partial charge is 0.397 e. The molecule has 0 bridgehead atoms. The van der Waals surface area contributed by atoms with E-state index in [1.54, 1.807) is 4.72 Å². The lowest BCUT2D eigenvalue weighted by Gasteiger charge is -2.05. The number of nitrogen functional groups attached to an aromatic ring is 1. The summed E-state index contributed by atoms with van der Waals surface area (Å²) in [5.41, 5.74) is 5.57. The molecule has 0 saturated heterocycles. The fraction of sp³-hybridized carbons (Fsp3) is 0.167. The minimum atomic E-state index is -4.65. The molecule has 1 aromatic heterocycles. The SMILES string of the molecule is Nc1ccc(NS(=O)(=O)C(F)F)nc1. The molecule has 0 unspecified atom stereocenters. The third-order valence-corrected chi connectivity index (χ3v) is 2.23. The maximum atomic E-state index is 11.9. The van der Waals surface area contributed by atoms with Crippen LogP contribution in [0.3, 0.4) is 0 Å². The Morgan fingerprint density at radius 3 is 2.50 bits per heavy atom. The summed E-state index contributed by atoms with van der Waals surface area (Å²) in [6.45, 7) is 0. The number of sulfonamides is 1. The summed E-state index contributed by atoms with van der Waals surface area (Å²) in [4.78, 5) is 3.50. The highest BCUT2D eigenvalue weighted by atomic mass is 32.2. The molecule has 1 heterocycles. The molecule has 0 aromatic carbocycles. The fourth-order valence-corrected chi connectivity index (χ4v) is 1.16. The van der Waals surface area contributed by atoms with Gasteiger partial charge in [0.1, 0.15) is 5.82 Å². The highest BCUT2D eigenvalue weighted by molar-refractivity contribution is 7.92. The van der Waals surface area contributed by atoms with E-state index in [-0.39, 0.29) is 5.82 Å². The van der Waals surface area contributed by atoms with Gasteiger partial charge in [-0.3, -0.25) is 4.72 Å². The van der Waals surface area contributed by atoms with Crippen LogP contribution in [0.25, 0.3) is 0 Å². The number of pyridine rings is 1. The molecular weight excluding hydrogens is 216 g/mol. The van der Waals surface area contributed by atoms with E-state index in [2.05, 4.69) is 4.98 Å². The van der Waals surface area contributed by atoms with Crippen LogP contribution in [-0.4, -0.2) is 19.2 Å². The third-order valence-electron chi connectivity index (χ3n) is 1.27. The predicted molar refractivity (Wildman–Crippen MR) is 47.2 cm³/mol. The maximum absolute atomic E-state index is 11.9. The Balaban J connectivity index is 2.85. The second-order valence-electron chi connectivity index (χ2n) is 2.38. The molecule has 0 amide bonds. The summed E-state index contributed by atoms with van der Waals surface area (Å²) < 4.78 is 46.7. The number of rotatable bonds is 3. The molecule has 0 fully saturated rings. The first kappa shape index (κ1) is 10.6. The number of anilines is 2. The van der Waals surface area contributed by atoms with E-state index in [1.165, 1.54) is 12.1 Å². The number of nitrogens with one attached hydrogen (secondary N) is 1. The van der Waals surface area contributed by atoms with Gasteiger partial charge in [0, 0.05) is 0 Å². The summed E-state index contributed by atoms with van der Waals surface area (Å²) in [6.07, 6.45) is 1.16. The van der Waals surface area contributed by atoms with Crippen LogP contribution in [0.2, 0.25) is 0 Å². The van der Waals surface area contributed by atoms with Crippen molar-refractivity contribution in [3.05, 3.63) is 18.3 Å². The summed E-state index contributed by atoms with van der Waals surface area (Å²) in [6, 6.07) is 2.53. The Kier molecular flexibility index (Phi) is 2.84. The number of nitrogens with zero attached hydrogens (tertiary/aromatic N) is 1. The summed E-state index contributed by atoms with van der Waals surface area (Å²) >= 11 is 0. The lowest BCUT2D eigenvalue weighted by molar-refractivity contribution is 0.236. The number of hydrogen-bond acceptors (Lipinski definition) is 4. The van der Waals surface area contributed by atoms with Crippen molar-refractivity contribution in [1.82, 2.24) is 4.98 Å². The van der Waals surface area contributed by atoms with Crippen molar-refractivity contribution < 1.29 is 17.2 Å². The molecule has 0 radical (unpaired) electrons. The summed E-state index contributed by atoms with van der Waals surface area (Å²) in [5.74, 6) is -3.68. The van der Waals surface area contributed by atoms with Gasteiger partial charge in [-0.15, -0.1) is 0 Å². The van der Waals surface area contributed by atoms with Crippen molar-refractivity contribution in [1.29, 1.82) is 0 Å². The van der Waals surface area contributed by atoms with Gasteiger partial charge in [0.05, 0.1) is 11.9 Å². The number of alkyl halides is 2. The van der Waals surface area contributed by atoms with Gasteiger partial charge in [-0.05, 0) is 12.1 Å². The molecule has 8 heteroatoms. The van der Waals surface area contributed by atoms with Crippen LogP contribution < -0.4 is 10.5 Å². The van der Waals surface area contributed by atoms with Crippen molar-refractivity contribution in [3.8, 4) is 0 Å². The van der Waals surface area contributed by atoms with Crippen LogP contribution in [0.15, 0.2) is 18.3 Å². The Bertz CT molecular complexity index is 404.